The summed E-state index contributed by atoms with van der Waals surface area (Å²) < 4.78 is 25.7. The van der Waals surface area contributed by atoms with Crippen LogP contribution in [0.4, 0.5) is 0 Å². The normalized spacial score (nSPS) is 21.4. The molecule has 2 fully saturated rings. The Hall–Kier alpha value is -0.170. The van der Waals surface area contributed by atoms with E-state index in [9.17, 15) is 8.42 Å². The van der Waals surface area contributed by atoms with E-state index in [0.29, 0.717) is 19.0 Å². The van der Waals surface area contributed by atoms with Crippen molar-refractivity contribution in [3.8, 4) is 0 Å². The summed E-state index contributed by atoms with van der Waals surface area (Å²) >= 11 is 0. The second-order valence-electron chi connectivity index (χ2n) is 5.77. The van der Waals surface area contributed by atoms with E-state index in [0.717, 1.165) is 26.2 Å². The van der Waals surface area contributed by atoms with Gasteiger partial charge in [0.1, 0.15) is 0 Å². The van der Waals surface area contributed by atoms with Gasteiger partial charge in [-0.3, -0.25) is 0 Å². The quantitative estimate of drug-likeness (QED) is 0.628. The van der Waals surface area contributed by atoms with E-state index in [1.54, 1.807) is 7.05 Å². The van der Waals surface area contributed by atoms with Crippen molar-refractivity contribution < 1.29 is 8.42 Å². The Morgan fingerprint density at radius 2 is 1.95 bits per heavy atom. The average Bonchev–Trinajstić information content (AvgIpc) is 3.06. The van der Waals surface area contributed by atoms with Gasteiger partial charge < -0.3 is 10.2 Å². The molecule has 112 valence electrons. The van der Waals surface area contributed by atoms with Crippen molar-refractivity contribution >= 4 is 10.0 Å². The molecule has 0 amide bonds. The van der Waals surface area contributed by atoms with Crippen LogP contribution in [0.5, 0.6) is 0 Å². The molecule has 2 rings (SSSR count). The van der Waals surface area contributed by atoms with Crippen LogP contribution < -0.4 is 5.32 Å². The van der Waals surface area contributed by atoms with Gasteiger partial charge in [-0.2, -0.15) is 0 Å². The van der Waals surface area contributed by atoms with Gasteiger partial charge in [0.15, 0.2) is 0 Å². The lowest BCUT2D eigenvalue weighted by Gasteiger charge is -2.21. The Kier molecular flexibility index (Phi) is 5.62. The molecule has 1 N–H and O–H groups in total. The predicted molar refractivity (Wildman–Crippen MR) is 77.7 cm³/mol. The standard InChI is InChI=1S/C13H27N3O2S/c1-15(10-11-16-8-2-3-9-16)19(17,18)12-4-7-14-13-5-6-13/h13-14H,2-12H2,1H3. The first-order chi connectivity index (χ1) is 9.08. The van der Waals surface area contributed by atoms with Gasteiger partial charge in [0.05, 0.1) is 5.75 Å². The molecule has 1 aliphatic carbocycles. The molecule has 6 heteroatoms. The lowest BCUT2D eigenvalue weighted by molar-refractivity contribution is 0.310. The van der Waals surface area contributed by atoms with Gasteiger partial charge >= 0.3 is 0 Å². The van der Waals surface area contributed by atoms with E-state index in [1.807, 2.05) is 0 Å². The third kappa shape index (κ3) is 5.38. The van der Waals surface area contributed by atoms with Crippen LogP contribution in [0.25, 0.3) is 0 Å². The number of likely N-dealkylation sites (N-methyl/N-ethyl adjacent to an activating group) is 1. The van der Waals surface area contributed by atoms with Gasteiger partial charge in [-0.15, -0.1) is 0 Å². The summed E-state index contributed by atoms with van der Waals surface area (Å²) in [6, 6.07) is 0.663. The van der Waals surface area contributed by atoms with Gasteiger partial charge in [0.2, 0.25) is 10.0 Å². The van der Waals surface area contributed by atoms with Gasteiger partial charge in [-0.1, -0.05) is 0 Å². The highest BCUT2D eigenvalue weighted by Crippen LogP contribution is 2.18. The van der Waals surface area contributed by atoms with Gasteiger partial charge in [-0.25, -0.2) is 12.7 Å². The zero-order valence-electron chi connectivity index (χ0n) is 12.0. The van der Waals surface area contributed by atoms with E-state index in [1.165, 1.54) is 30.0 Å². The van der Waals surface area contributed by atoms with Crippen LogP contribution in [0.2, 0.25) is 0 Å². The fourth-order valence-electron chi connectivity index (χ4n) is 2.43. The number of nitrogens with zero attached hydrogens (tertiary/aromatic N) is 2. The average molecular weight is 289 g/mol. The summed E-state index contributed by atoms with van der Waals surface area (Å²) in [5.41, 5.74) is 0. The summed E-state index contributed by atoms with van der Waals surface area (Å²) in [6.45, 7) is 4.57. The van der Waals surface area contributed by atoms with Gasteiger partial charge in [0, 0.05) is 26.2 Å². The minimum absolute atomic E-state index is 0.267. The Bertz CT molecular complexity index is 362. The number of rotatable bonds is 9. The molecule has 19 heavy (non-hydrogen) atoms. The third-order valence-electron chi connectivity index (χ3n) is 3.99. The fraction of sp³-hybridized carbons (Fsp3) is 1.00. The van der Waals surface area contributed by atoms with E-state index in [-0.39, 0.29) is 5.75 Å². The van der Waals surface area contributed by atoms with Crippen molar-refractivity contribution in [1.29, 1.82) is 0 Å². The molecular formula is C13H27N3O2S. The highest BCUT2D eigenvalue weighted by molar-refractivity contribution is 7.89. The summed E-state index contributed by atoms with van der Waals surface area (Å²) in [5, 5.41) is 3.35. The van der Waals surface area contributed by atoms with Crippen molar-refractivity contribution in [3.63, 3.8) is 0 Å². The highest BCUT2D eigenvalue weighted by atomic mass is 32.2. The van der Waals surface area contributed by atoms with E-state index < -0.39 is 10.0 Å². The Balaban J connectivity index is 1.61. The topological polar surface area (TPSA) is 52.7 Å². The molecule has 1 heterocycles. The van der Waals surface area contributed by atoms with E-state index in [4.69, 9.17) is 0 Å². The number of likely N-dealkylation sites (tertiary alicyclic amines) is 1. The Morgan fingerprint density at radius 3 is 2.58 bits per heavy atom. The van der Waals surface area contributed by atoms with Crippen LogP contribution in [0.3, 0.4) is 0 Å². The van der Waals surface area contributed by atoms with Crippen LogP contribution in [-0.4, -0.2) is 69.2 Å². The second-order valence-corrected chi connectivity index (χ2v) is 7.96. The van der Waals surface area contributed by atoms with Crippen LogP contribution in [0, 0.1) is 0 Å². The molecule has 0 atom stereocenters. The Labute approximate surface area is 117 Å². The monoisotopic (exact) mass is 289 g/mol. The van der Waals surface area contributed by atoms with Crippen molar-refractivity contribution in [2.24, 2.45) is 0 Å². The third-order valence-corrected chi connectivity index (χ3v) is 5.93. The van der Waals surface area contributed by atoms with Gasteiger partial charge in [0.25, 0.3) is 0 Å². The number of nitrogens with one attached hydrogen (secondary N) is 1. The lowest BCUT2D eigenvalue weighted by Crippen LogP contribution is -2.37. The first-order valence-corrected chi connectivity index (χ1v) is 9.08. The molecule has 1 saturated carbocycles. The smallest absolute Gasteiger partial charge is 0.213 e. The molecule has 0 aromatic heterocycles. The fourth-order valence-corrected chi connectivity index (χ4v) is 3.61. The van der Waals surface area contributed by atoms with Crippen molar-refractivity contribution in [1.82, 2.24) is 14.5 Å². The molecule has 0 spiro atoms. The van der Waals surface area contributed by atoms with Crippen LogP contribution in [-0.2, 0) is 10.0 Å². The molecule has 2 aliphatic rings. The minimum Gasteiger partial charge on any atom is -0.314 e. The highest BCUT2D eigenvalue weighted by Gasteiger charge is 2.22. The molecular weight excluding hydrogens is 262 g/mol. The predicted octanol–water partition coefficient (Wildman–Crippen LogP) is 0.486. The van der Waals surface area contributed by atoms with Crippen molar-refractivity contribution in [2.75, 3.05) is 45.5 Å². The summed E-state index contributed by atoms with van der Waals surface area (Å²) in [5.74, 6) is 0.267. The zero-order chi connectivity index (χ0) is 13.7. The molecule has 0 bridgehead atoms. The molecule has 1 aliphatic heterocycles. The van der Waals surface area contributed by atoms with E-state index >= 15 is 0 Å². The number of hydrogen-bond acceptors (Lipinski definition) is 4. The molecule has 0 radical (unpaired) electrons. The molecule has 0 aromatic rings. The largest absolute Gasteiger partial charge is 0.314 e. The van der Waals surface area contributed by atoms with Crippen LogP contribution in [0.1, 0.15) is 32.1 Å². The molecule has 5 nitrogen and oxygen atoms in total. The molecule has 0 unspecified atom stereocenters. The maximum absolute atomic E-state index is 12.1. The molecule has 0 aromatic carbocycles. The SMILES string of the molecule is CN(CCN1CCCC1)S(=O)(=O)CCCNC1CC1. The summed E-state index contributed by atoms with van der Waals surface area (Å²) in [4.78, 5) is 2.35. The maximum atomic E-state index is 12.1. The summed E-state index contributed by atoms with van der Waals surface area (Å²) in [7, 11) is -1.35. The van der Waals surface area contributed by atoms with Crippen LogP contribution >= 0.6 is 0 Å². The Morgan fingerprint density at radius 1 is 1.26 bits per heavy atom. The second kappa shape index (κ2) is 7.02. The van der Waals surface area contributed by atoms with E-state index in [2.05, 4.69) is 10.2 Å². The maximum Gasteiger partial charge on any atom is 0.213 e. The number of sulfonamides is 1. The van der Waals surface area contributed by atoms with Crippen molar-refractivity contribution in [2.45, 2.75) is 38.1 Å². The zero-order valence-corrected chi connectivity index (χ0v) is 12.8. The first kappa shape index (κ1) is 15.2. The first-order valence-electron chi connectivity index (χ1n) is 7.48. The van der Waals surface area contributed by atoms with Crippen LogP contribution in [0.15, 0.2) is 0 Å². The minimum atomic E-state index is -3.06. The molecule has 1 saturated heterocycles. The summed E-state index contributed by atoms with van der Waals surface area (Å²) in [6.07, 6.45) is 5.73. The van der Waals surface area contributed by atoms with Gasteiger partial charge in [-0.05, 0) is 51.7 Å². The van der Waals surface area contributed by atoms with Crippen molar-refractivity contribution in [3.05, 3.63) is 0 Å². The number of hydrogen-bond donors (Lipinski definition) is 1. The lowest BCUT2D eigenvalue weighted by atomic mass is 10.4.